The first-order valence-electron chi connectivity index (χ1n) is 9.12. The summed E-state index contributed by atoms with van der Waals surface area (Å²) < 4.78 is 19.4. The zero-order chi connectivity index (χ0) is 18.8. The van der Waals surface area contributed by atoms with Gasteiger partial charge in [0.15, 0.2) is 5.69 Å². The van der Waals surface area contributed by atoms with Crippen molar-refractivity contribution in [3.63, 3.8) is 0 Å². The number of nitrogens with zero attached hydrogens (tertiary/aromatic N) is 3. The van der Waals surface area contributed by atoms with Gasteiger partial charge in [0.1, 0.15) is 11.6 Å². The molecule has 2 aliphatic heterocycles. The predicted molar refractivity (Wildman–Crippen MR) is 99.8 cm³/mol. The third-order valence-electron chi connectivity index (χ3n) is 4.88. The quantitative estimate of drug-likeness (QED) is 0.868. The Morgan fingerprint density at radius 3 is 2.93 bits per heavy atom. The molecule has 4 rings (SSSR count). The number of nitrogens with one attached hydrogen (secondary N) is 1. The van der Waals surface area contributed by atoms with Gasteiger partial charge in [0.05, 0.1) is 23.9 Å². The molecule has 0 aliphatic carbocycles. The molecule has 0 radical (unpaired) electrons. The molecule has 8 heteroatoms. The first-order valence-corrected chi connectivity index (χ1v) is 9.50. The largest absolute Gasteiger partial charge is 0.493 e. The summed E-state index contributed by atoms with van der Waals surface area (Å²) in [7, 11) is 0. The number of ether oxygens (including phenoxy) is 1. The molecular formula is C19H20ClFN4O2. The van der Waals surface area contributed by atoms with E-state index < -0.39 is 5.91 Å². The zero-order valence-corrected chi connectivity index (χ0v) is 15.5. The fourth-order valence-electron chi connectivity index (χ4n) is 3.51. The molecule has 1 amide bonds. The predicted octanol–water partition coefficient (Wildman–Crippen LogP) is 3.51. The highest BCUT2D eigenvalue weighted by atomic mass is 35.5. The van der Waals surface area contributed by atoms with Crippen LogP contribution in [-0.2, 0) is 0 Å². The second kappa shape index (κ2) is 7.68. The second-order valence-corrected chi connectivity index (χ2v) is 7.17. The molecule has 1 saturated heterocycles. The molecule has 2 aliphatic rings. The van der Waals surface area contributed by atoms with Crippen molar-refractivity contribution in [1.29, 1.82) is 0 Å². The van der Waals surface area contributed by atoms with Crippen molar-refractivity contribution in [1.82, 2.24) is 15.3 Å². The smallest absolute Gasteiger partial charge is 0.272 e. The summed E-state index contributed by atoms with van der Waals surface area (Å²) in [6, 6.07) is 3.99. The molecular weight excluding hydrogens is 371 g/mol. The zero-order valence-electron chi connectivity index (χ0n) is 14.8. The SMILES string of the molecule is O=C(N[C@@H]1CCCOc2ccc(F)cc21)c1nc(N2CCCC2)ncc1Cl. The second-order valence-electron chi connectivity index (χ2n) is 6.76. The van der Waals surface area contributed by atoms with Crippen molar-refractivity contribution >= 4 is 23.5 Å². The van der Waals surface area contributed by atoms with Crippen LogP contribution in [0, 0.1) is 5.82 Å². The molecule has 1 N–H and O–H groups in total. The monoisotopic (exact) mass is 390 g/mol. The molecule has 6 nitrogen and oxygen atoms in total. The molecule has 3 heterocycles. The molecule has 1 fully saturated rings. The van der Waals surface area contributed by atoms with Crippen LogP contribution in [0.3, 0.4) is 0 Å². The number of amides is 1. The molecule has 0 unspecified atom stereocenters. The Balaban J connectivity index is 1.59. The van der Waals surface area contributed by atoms with Gasteiger partial charge in [-0.3, -0.25) is 4.79 Å². The van der Waals surface area contributed by atoms with Gasteiger partial charge >= 0.3 is 0 Å². The van der Waals surface area contributed by atoms with Crippen molar-refractivity contribution in [2.75, 3.05) is 24.6 Å². The lowest BCUT2D eigenvalue weighted by Crippen LogP contribution is -2.30. The van der Waals surface area contributed by atoms with Crippen molar-refractivity contribution in [3.05, 3.63) is 46.5 Å². The topological polar surface area (TPSA) is 67.3 Å². The summed E-state index contributed by atoms with van der Waals surface area (Å²) in [6.45, 7) is 2.27. The van der Waals surface area contributed by atoms with Gasteiger partial charge in [-0.15, -0.1) is 0 Å². The maximum atomic E-state index is 13.7. The van der Waals surface area contributed by atoms with Gasteiger partial charge in [-0.25, -0.2) is 14.4 Å². The molecule has 27 heavy (non-hydrogen) atoms. The molecule has 1 aromatic carbocycles. The van der Waals surface area contributed by atoms with Crippen LogP contribution in [0.4, 0.5) is 10.3 Å². The number of anilines is 1. The van der Waals surface area contributed by atoms with E-state index in [4.69, 9.17) is 16.3 Å². The average Bonchev–Trinajstić information content (AvgIpc) is 3.13. The van der Waals surface area contributed by atoms with Crippen LogP contribution in [0.5, 0.6) is 5.75 Å². The highest BCUT2D eigenvalue weighted by Crippen LogP contribution is 2.32. The number of hydrogen-bond donors (Lipinski definition) is 1. The summed E-state index contributed by atoms with van der Waals surface area (Å²) in [5, 5.41) is 3.13. The van der Waals surface area contributed by atoms with Crippen LogP contribution in [-0.4, -0.2) is 35.6 Å². The van der Waals surface area contributed by atoms with E-state index in [-0.39, 0.29) is 22.6 Å². The summed E-state index contributed by atoms with van der Waals surface area (Å²) in [5.41, 5.74) is 0.766. The molecule has 1 aromatic heterocycles. The van der Waals surface area contributed by atoms with Crippen molar-refractivity contribution < 1.29 is 13.9 Å². The minimum absolute atomic E-state index is 0.136. The molecule has 142 valence electrons. The highest BCUT2D eigenvalue weighted by molar-refractivity contribution is 6.33. The van der Waals surface area contributed by atoms with Crippen LogP contribution in [0.15, 0.2) is 24.4 Å². The number of benzene rings is 1. The third kappa shape index (κ3) is 3.83. The fraction of sp³-hybridized carbons (Fsp3) is 0.421. The lowest BCUT2D eigenvalue weighted by molar-refractivity contribution is 0.0929. The number of carbonyl (C=O) groups excluding carboxylic acids is 1. The third-order valence-corrected chi connectivity index (χ3v) is 5.16. The number of carbonyl (C=O) groups is 1. The Labute approximate surface area is 161 Å². The van der Waals surface area contributed by atoms with Crippen LogP contribution < -0.4 is 15.0 Å². The van der Waals surface area contributed by atoms with E-state index in [0.717, 1.165) is 32.4 Å². The maximum absolute atomic E-state index is 13.7. The molecule has 0 spiro atoms. The van der Waals surface area contributed by atoms with E-state index in [1.54, 1.807) is 6.07 Å². The van der Waals surface area contributed by atoms with E-state index in [0.29, 0.717) is 30.3 Å². The van der Waals surface area contributed by atoms with Crippen LogP contribution in [0.25, 0.3) is 0 Å². The van der Waals surface area contributed by atoms with Crippen molar-refractivity contribution in [2.45, 2.75) is 31.7 Å². The van der Waals surface area contributed by atoms with E-state index in [9.17, 15) is 9.18 Å². The number of fused-ring (bicyclic) bond motifs is 1. The minimum atomic E-state index is -0.398. The Morgan fingerprint density at radius 2 is 2.11 bits per heavy atom. The van der Waals surface area contributed by atoms with Crippen molar-refractivity contribution in [2.24, 2.45) is 0 Å². The molecule has 0 saturated carbocycles. The lowest BCUT2D eigenvalue weighted by atomic mass is 10.0. The number of rotatable bonds is 3. The summed E-state index contributed by atoms with van der Waals surface area (Å²) in [4.78, 5) is 23.5. The molecule has 0 bridgehead atoms. The Kier molecular flexibility index (Phi) is 5.11. The van der Waals surface area contributed by atoms with Crippen molar-refractivity contribution in [3.8, 4) is 5.75 Å². The summed E-state index contributed by atoms with van der Waals surface area (Å²) in [6.07, 6.45) is 5.01. The highest BCUT2D eigenvalue weighted by Gasteiger charge is 2.25. The van der Waals surface area contributed by atoms with E-state index in [2.05, 4.69) is 15.3 Å². The minimum Gasteiger partial charge on any atom is -0.493 e. The molecule has 2 aromatic rings. The Morgan fingerprint density at radius 1 is 1.30 bits per heavy atom. The van der Waals surface area contributed by atoms with Gasteiger partial charge in [-0.1, -0.05) is 11.6 Å². The van der Waals surface area contributed by atoms with Gasteiger partial charge in [0.2, 0.25) is 5.95 Å². The van der Waals surface area contributed by atoms with Gasteiger partial charge < -0.3 is 15.0 Å². The molecule has 1 atom stereocenters. The first-order chi connectivity index (χ1) is 13.1. The standard InChI is InChI=1S/C19H20ClFN4O2/c20-14-11-22-19(25-7-1-2-8-25)24-17(14)18(26)23-15-4-3-9-27-16-6-5-12(21)10-13(15)16/h5-6,10-11,15H,1-4,7-9H2,(H,23,26)/t15-/m1/s1. The van der Waals surface area contributed by atoms with Gasteiger partial charge in [0.25, 0.3) is 5.91 Å². The Hall–Kier alpha value is -2.41. The lowest BCUT2D eigenvalue weighted by Gasteiger charge is -2.20. The van der Waals surface area contributed by atoms with Gasteiger partial charge in [-0.2, -0.15) is 0 Å². The number of aromatic nitrogens is 2. The van der Waals surface area contributed by atoms with E-state index >= 15 is 0 Å². The first kappa shape index (κ1) is 18.0. The van der Waals surface area contributed by atoms with Crippen LogP contribution in [0.1, 0.15) is 47.8 Å². The average molecular weight is 391 g/mol. The van der Waals surface area contributed by atoms with Crippen LogP contribution >= 0.6 is 11.6 Å². The number of hydrogen-bond acceptors (Lipinski definition) is 5. The van der Waals surface area contributed by atoms with Gasteiger partial charge in [-0.05, 0) is 43.9 Å². The summed E-state index contributed by atoms with van der Waals surface area (Å²) in [5.74, 6) is 0.336. The van der Waals surface area contributed by atoms with Gasteiger partial charge in [0, 0.05) is 18.7 Å². The van der Waals surface area contributed by atoms with E-state index in [1.807, 2.05) is 4.90 Å². The number of halogens is 2. The normalized spacial score (nSPS) is 19.2. The summed E-state index contributed by atoms with van der Waals surface area (Å²) >= 11 is 6.18. The maximum Gasteiger partial charge on any atom is 0.272 e. The van der Waals surface area contributed by atoms with E-state index in [1.165, 1.54) is 18.3 Å². The Bertz CT molecular complexity index is 858. The van der Waals surface area contributed by atoms with Crippen LogP contribution in [0.2, 0.25) is 5.02 Å². The fourth-order valence-corrected chi connectivity index (χ4v) is 3.69.